The first-order chi connectivity index (χ1) is 15.9. The molecule has 3 heterocycles. The monoisotopic (exact) mass is 521 g/mol. The van der Waals surface area contributed by atoms with Crippen LogP contribution in [0.3, 0.4) is 0 Å². The van der Waals surface area contributed by atoms with Crippen molar-refractivity contribution in [3.8, 4) is 11.3 Å². The number of aromatic nitrogens is 1. The van der Waals surface area contributed by atoms with Gasteiger partial charge in [0.1, 0.15) is 23.4 Å². The second-order valence-electron chi connectivity index (χ2n) is 8.17. The van der Waals surface area contributed by atoms with E-state index in [0.29, 0.717) is 26.7 Å². The summed E-state index contributed by atoms with van der Waals surface area (Å²) in [6.45, 7) is 4.13. The summed E-state index contributed by atoms with van der Waals surface area (Å²) in [5.74, 6) is 0.792. The molecule has 2 aromatic heterocycles. The van der Waals surface area contributed by atoms with E-state index in [0.717, 1.165) is 22.5 Å². The highest BCUT2D eigenvalue weighted by Crippen LogP contribution is 2.43. The van der Waals surface area contributed by atoms with Crippen molar-refractivity contribution < 1.29 is 8.81 Å². The molecule has 5 rings (SSSR count). The van der Waals surface area contributed by atoms with Gasteiger partial charge in [-0.05, 0) is 91.8 Å². The zero-order chi connectivity index (χ0) is 23.1. The van der Waals surface area contributed by atoms with E-state index in [1.807, 2.05) is 24.3 Å². The van der Waals surface area contributed by atoms with Crippen LogP contribution in [0.1, 0.15) is 34.7 Å². The van der Waals surface area contributed by atoms with E-state index >= 15 is 0 Å². The lowest BCUT2D eigenvalue weighted by molar-refractivity contribution is 0.438. The van der Waals surface area contributed by atoms with Crippen LogP contribution in [0.4, 0.5) is 10.1 Å². The van der Waals surface area contributed by atoms with Crippen molar-refractivity contribution in [2.75, 3.05) is 4.90 Å². The van der Waals surface area contributed by atoms with E-state index in [1.165, 1.54) is 6.07 Å². The maximum atomic E-state index is 14.6. The minimum Gasteiger partial charge on any atom is -0.459 e. The van der Waals surface area contributed by atoms with Gasteiger partial charge in [0.2, 0.25) is 0 Å². The van der Waals surface area contributed by atoms with Gasteiger partial charge in [0, 0.05) is 16.4 Å². The predicted octanol–water partition coefficient (Wildman–Crippen LogP) is 7.04. The van der Waals surface area contributed by atoms with E-state index in [1.54, 1.807) is 24.4 Å². The summed E-state index contributed by atoms with van der Waals surface area (Å²) in [4.78, 5) is 6.63. The molecule has 33 heavy (non-hydrogen) atoms. The van der Waals surface area contributed by atoms with Crippen LogP contribution < -0.4 is 10.2 Å². The second-order valence-corrected chi connectivity index (χ2v) is 9.47. The van der Waals surface area contributed by atoms with Gasteiger partial charge in [-0.15, -0.1) is 0 Å². The molecular weight excluding hydrogens is 501 g/mol. The van der Waals surface area contributed by atoms with Crippen molar-refractivity contribution in [2.24, 2.45) is 0 Å². The molecule has 166 valence electrons. The Labute approximate surface area is 205 Å². The number of halogens is 2. The summed E-state index contributed by atoms with van der Waals surface area (Å²) in [6.07, 6.45) is 1.77. The molecule has 0 radical (unpaired) electrons. The topological polar surface area (TPSA) is 41.3 Å². The lowest BCUT2D eigenvalue weighted by Crippen LogP contribution is -2.29. The van der Waals surface area contributed by atoms with E-state index in [2.05, 4.69) is 63.2 Å². The molecule has 0 saturated carbocycles. The first kappa shape index (κ1) is 21.8. The number of pyridine rings is 1. The summed E-state index contributed by atoms with van der Waals surface area (Å²) in [6, 6.07) is 20.3. The third kappa shape index (κ3) is 4.18. The number of furan rings is 1. The lowest BCUT2D eigenvalue weighted by Gasteiger charge is -2.26. The Morgan fingerprint density at radius 1 is 1.03 bits per heavy atom. The first-order valence-corrected chi connectivity index (χ1v) is 11.7. The van der Waals surface area contributed by atoms with Crippen LogP contribution in [0.5, 0.6) is 0 Å². The van der Waals surface area contributed by atoms with Crippen molar-refractivity contribution in [3.63, 3.8) is 0 Å². The number of benzene rings is 2. The molecule has 2 aromatic carbocycles. The van der Waals surface area contributed by atoms with E-state index < -0.39 is 0 Å². The summed E-state index contributed by atoms with van der Waals surface area (Å²) in [7, 11) is 0. The van der Waals surface area contributed by atoms with Crippen LogP contribution in [-0.2, 0) is 0 Å². The van der Waals surface area contributed by atoms with Crippen LogP contribution in [0.25, 0.3) is 11.3 Å². The Hall–Kier alpha value is -3.03. The molecule has 0 bridgehead atoms. The van der Waals surface area contributed by atoms with E-state index in [9.17, 15) is 4.39 Å². The first-order valence-electron chi connectivity index (χ1n) is 10.5. The van der Waals surface area contributed by atoms with E-state index in [-0.39, 0.29) is 17.9 Å². The van der Waals surface area contributed by atoms with Gasteiger partial charge in [0.25, 0.3) is 0 Å². The molecule has 1 saturated heterocycles. The quantitative estimate of drug-likeness (QED) is 0.291. The fourth-order valence-corrected chi connectivity index (χ4v) is 5.04. The van der Waals surface area contributed by atoms with Crippen molar-refractivity contribution in [1.82, 2.24) is 10.3 Å². The normalized spacial score (nSPS) is 17.9. The summed E-state index contributed by atoms with van der Waals surface area (Å²) in [5.41, 5.74) is 4.52. The molecule has 1 aliphatic heterocycles. The number of aryl methyl sites for hydroxylation is 2. The third-order valence-electron chi connectivity index (χ3n) is 5.70. The Bertz CT molecular complexity index is 1320. The molecule has 1 fully saturated rings. The van der Waals surface area contributed by atoms with Gasteiger partial charge >= 0.3 is 0 Å². The highest BCUT2D eigenvalue weighted by Gasteiger charge is 2.42. The molecule has 7 heteroatoms. The SMILES string of the molecule is Cc1cc(C)cc(N2C(=S)N[C@H](c3ccccn3)[C@H]2c2ccc(-c3ccc(Br)cc3F)o2)c1. The Kier molecular flexibility index (Phi) is 5.76. The Morgan fingerprint density at radius 3 is 2.52 bits per heavy atom. The second kappa shape index (κ2) is 8.72. The van der Waals surface area contributed by atoms with Crippen LogP contribution in [0, 0.1) is 19.7 Å². The maximum absolute atomic E-state index is 14.6. The van der Waals surface area contributed by atoms with Gasteiger partial charge in [0.15, 0.2) is 5.11 Å². The van der Waals surface area contributed by atoms with Crippen molar-refractivity contribution >= 4 is 38.9 Å². The van der Waals surface area contributed by atoms with Crippen molar-refractivity contribution in [1.29, 1.82) is 0 Å². The molecule has 2 atom stereocenters. The number of nitrogens with one attached hydrogen (secondary N) is 1. The fraction of sp³-hybridized carbons (Fsp3) is 0.154. The molecule has 1 aliphatic rings. The van der Waals surface area contributed by atoms with E-state index in [4.69, 9.17) is 16.6 Å². The van der Waals surface area contributed by atoms with Crippen molar-refractivity contribution in [2.45, 2.75) is 25.9 Å². The number of hydrogen-bond acceptors (Lipinski definition) is 3. The molecule has 0 aliphatic carbocycles. The van der Waals surface area contributed by atoms with Gasteiger partial charge < -0.3 is 14.6 Å². The van der Waals surface area contributed by atoms with Crippen molar-refractivity contribution in [3.05, 3.63) is 106 Å². The highest BCUT2D eigenvalue weighted by atomic mass is 79.9. The molecule has 1 N–H and O–H groups in total. The lowest BCUT2D eigenvalue weighted by atomic mass is 10.0. The summed E-state index contributed by atoms with van der Waals surface area (Å²) >= 11 is 9.09. The average Bonchev–Trinajstić information content (AvgIpc) is 3.38. The summed E-state index contributed by atoms with van der Waals surface area (Å²) in [5, 5.41) is 4.02. The fourth-order valence-electron chi connectivity index (χ4n) is 4.36. The summed E-state index contributed by atoms with van der Waals surface area (Å²) < 4.78 is 21.6. The predicted molar refractivity (Wildman–Crippen MR) is 136 cm³/mol. The highest BCUT2D eigenvalue weighted by molar-refractivity contribution is 9.10. The number of rotatable bonds is 4. The molecule has 4 nitrogen and oxygen atoms in total. The standard InChI is InChI=1S/C26H21BrFN3OS/c1-15-11-16(2)13-18(12-15)31-25(24(30-26(31)33)21-5-3-4-10-29-21)23-9-8-22(32-23)19-7-6-17(27)14-20(19)28/h3-14,24-25H,1-2H3,(H,30,33)/t24-,25-/m1/s1. The smallest absolute Gasteiger partial charge is 0.174 e. The minimum absolute atomic E-state index is 0.228. The van der Waals surface area contributed by atoms with Gasteiger partial charge in [-0.2, -0.15) is 0 Å². The zero-order valence-electron chi connectivity index (χ0n) is 18.0. The molecule has 4 aromatic rings. The molecule has 0 unspecified atom stereocenters. The number of nitrogens with zero attached hydrogens (tertiary/aromatic N) is 2. The maximum Gasteiger partial charge on any atom is 0.174 e. The number of thiocarbonyl (C=S) groups is 1. The van der Waals surface area contributed by atoms with Crippen LogP contribution >= 0.6 is 28.1 Å². The van der Waals surface area contributed by atoms with Gasteiger partial charge in [-0.3, -0.25) is 4.98 Å². The Morgan fingerprint density at radius 2 is 1.82 bits per heavy atom. The molecular formula is C26H21BrFN3OS. The van der Waals surface area contributed by atoms with Gasteiger partial charge in [-0.25, -0.2) is 4.39 Å². The van der Waals surface area contributed by atoms with Crippen LogP contribution in [0.15, 0.2) is 81.8 Å². The average molecular weight is 522 g/mol. The Balaban J connectivity index is 1.62. The zero-order valence-corrected chi connectivity index (χ0v) is 20.5. The largest absolute Gasteiger partial charge is 0.459 e. The number of anilines is 1. The number of hydrogen-bond donors (Lipinski definition) is 1. The minimum atomic E-state index is -0.349. The molecule has 0 amide bonds. The van der Waals surface area contributed by atoms with Gasteiger partial charge in [-0.1, -0.05) is 28.1 Å². The molecule has 0 spiro atoms. The third-order valence-corrected chi connectivity index (χ3v) is 6.51. The van der Waals surface area contributed by atoms with Crippen LogP contribution in [0.2, 0.25) is 0 Å². The van der Waals surface area contributed by atoms with Gasteiger partial charge in [0.05, 0.1) is 17.3 Å². The van der Waals surface area contributed by atoms with Crippen LogP contribution in [-0.4, -0.2) is 10.1 Å².